The van der Waals surface area contributed by atoms with Crippen molar-refractivity contribution in [1.29, 1.82) is 0 Å². The summed E-state index contributed by atoms with van der Waals surface area (Å²) in [6.07, 6.45) is 3.25. The van der Waals surface area contributed by atoms with Crippen LogP contribution in [0.4, 0.5) is 4.39 Å². The molecule has 1 unspecified atom stereocenters. The lowest BCUT2D eigenvalue weighted by Crippen LogP contribution is -2.45. The lowest BCUT2D eigenvalue weighted by atomic mass is 9.75. The molecule has 3 N–H and O–H groups in total. The van der Waals surface area contributed by atoms with Crippen LogP contribution in [-0.2, 0) is 16.6 Å². The summed E-state index contributed by atoms with van der Waals surface area (Å²) >= 11 is 0. The van der Waals surface area contributed by atoms with Crippen LogP contribution >= 0.6 is 0 Å². The van der Waals surface area contributed by atoms with Gasteiger partial charge in [-0.05, 0) is 30.2 Å². The van der Waals surface area contributed by atoms with E-state index in [9.17, 15) is 14.3 Å². The van der Waals surface area contributed by atoms with Crippen molar-refractivity contribution in [2.24, 2.45) is 5.73 Å². The maximum atomic E-state index is 14.0. The number of nitrogens with two attached hydrogens (primary N) is 1. The van der Waals surface area contributed by atoms with Gasteiger partial charge in [-0.3, -0.25) is 9.78 Å². The molecule has 104 valence electrons. The van der Waals surface area contributed by atoms with Gasteiger partial charge in [0.25, 0.3) is 0 Å². The quantitative estimate of drug-likeness (QED) is 0.870. The van der Waals surface area contributed by atoms with E-state index in [2.05, 4.69) is 4.98 Å². The summed E-state index contributed by atoms with van der Waals surface area (Å²) in [7, 11) is 0. The van der Waals surface area contributed by atoms with Crippen molar-refractivity contribution in [2.45, 2.75) is 11.8 Å². The average Bonchev–Trinajstić information content (AvgIpc) is 2.46. The van der Waals surface area contributed by atoms with Gasteiger partial charge in [0, 0.05) is 24.5 Å². The molecule has 4 nitrogen and oxygen atoms in total. The highest BCUT2D eigenvalue weighted by Crippen LogP contribution is 2.30. The second-order valence-corrected chi connectivity index (χ2v) is 4.60. The SMILES string of the molecule is NCC(Cc1ccncc1)(C(=O)O)c1ccccc1F. The van der Waals surface area contributed by atoms with Crippen molar-refractivity contribution in [1.82, 2.24) is 4.98 Å². The number of pyridine rings is 1. The third-order valence-electron chi connectivity index (χ3n) is 3.40. The van der Waals surface area contributed by atoms with Gasteiger partial charge in [0.15, 0.2) is 0 Å². The zero-order valence-corrected chi connectivity index (χ0v) is 10.8. The summed E-state index contributed by atoms with van der Waals surface area (Å²) in [4.78, 5) is 15.6. The van der Waals surface area contributed by atoms with Gasteiger partial charge < -0.3 is 10.8 Å². The van der Waals surface area contributed by atoms with Gasteiger partial charge in [0.1, 0.15) is 11.2 Å². The minimum absolute atomic E-state index is 0.104. The summed E-state index contributed by atoms with van der Waals surface area (Å²) in [5, 5.41) is 9.60. The summed E-state index contributed by atoms with van der Waals surface area (Å²) in [5.74, 6) is -1.70. The molecule has 1 aromatic heterocycles. The molecule has 5 heteroatoms. The molecule has 0 aliphatic carbocycles. The molecule has 20 heavy (non-hydrogen) atoms. The smallest absolute Gasteiger partial charge is 0.315 e. The van der Waals surface area contributed by atoms with Crippen LogP contribution in [0.5, 0.6) is 0 Å². The highest BCUT2D eigenvalue weighted by atomic mass is 19.1. The molecule has 0 amide bonds. The molecule has 0 saturated carbocycles. The zero-order chi connectivity index (χ0) is 14.6. The second-order valence-electron chi connectivity index (χ2n) is 4.60. The highest BCUT2D eigenvalue weighted by Gasteiger charge is 2.41. The lowest BCUT2D eigenvalue weighted by Gasteiger charge is -2.29. The number of rotatable bonds is 5. The predicted molar refractivity (Wildman–Crippen MR) is 72.7 cm³/mol. The van der Waals surface area contributed by atoms with Crippen molar-refractivity contribution in [2.75, 3.05) is 6.54 Å². The normalized spacial score (nSPS) is 13.7. The van der Waals surface area contributed by atoms with E-state index in [1.54, 1.807) is 30.6 Å². The number of hydrogen-bond acceptors (Lipinski definition) is 3. The summed E-state index contributed by atoms with van der Waals surface area (Å²) in [6, 6.07) is 9.25. The van der Waals surface area contributed by atoms with Crippen molar-refractivity contribution in [3.05, 3.63) is 65.7 Å². The average molecular weight is 274 g/mol. The van der Waals surface area contributed by atoms with Crippen LogP contribution in [0.1, 0.15) is 11.1 Å². The van der Waals surface area contributed by atoms with Crippen LogP contribution in [-0.4, -0.2) is 22.6 Å². The Bertz CT molecular complexity index is 604. The fraction of sp³-hybridized carbons (Fsp3) is 0.200. The van der Waals surface area contributed by atoms with Gasteiger partial charge in [0.05, 0.1) is 0 Å². The minimum Gasteiger partial charge on any atom is -0.481 e. The topological polar surface area (TPSA) is 76.2 Å². The molecule has 0 saturated heterocycles. The number of nitrogens with zero attached hydrogens (tertiary/aromatic N) is 1. The van der Waals surface area contributed by atoms with E-state index in [0.29, 0.717) is 0 Å². The Hall–Kier alpha value is -2.27. The number of benzene rings is 1. The van der Waals surface area contributed by atoms with Gasteiger partial charge in [-0.25, -0.2) is 4.39 Å². The van der Waals surface area contributed by atoms with Crippen molar-refractivity contribution in [3.8, 4) is 0 Å². The van der Waals surface area contributed by atoms with E-state index < -0.39 is 17.2 Å². The molecule has 1 aromatic carbocycles. The van der Waals surface area contributed by atoms with Crippen LogP contribution in [0.15, 0.2) is 48.8 Å². The monoisotopic (exact) mass is 274 g/mol. The van der Waals surface area contributed by atoms with E-state index in [-0.39, 0.29) is 18.5 Å². The Morgan fingerprint density at radius 3 is 2.45 bits per heavy atom. The molecular weight excluding hydrogens is 259 g/mol. The first-order chi connectivity index (χ1) is 9.60. The summed E-state index contributed by atoms with van der Waals surface area (Å²) < 4.78 is 14.0. The maximum Gasteiger partial charge on any atom is 0.315 e. The molecule has 0 radical (unpaired) electrons. The van der Waals surface area contributed by atoms with E-state index in [1.165, 1.54) is 18.2 Å². The zero-order valence-electron chi connectivity index (χ0n) is 10.8. The largest absolute Gasteiger partial charge is 0.481 e. The molecule has 2 rings (SSSR count). The fourth-order valence-electron chi connectivity index (χ4n) is 2.25. The first-order valence-corrected chi connectivity index (χ1v) is 6.17. The van der Waals surface area contributed by atoms with Crippen molar-refractivity contribution < 1.29 is 14.3 Å². The number of hydrogen-bond donors (Lipinski definition) is 2. The maximum absolute atomic E-state index is 14.0. The van der Waals surface area contributed by atoms with Gasteiger partial charge >= 0.3 is 5.97 Å². The molecule has 2 aromatic rings. The molecule has 0 spiro atoms. The van der Waals surface area contributed by atoms with Crippen molar-refractivity contribution >= 4 is 5.97 Å². The number of carboxylic acid groups (broad SMARTS) is 1. The third-order valence-corrected chi connectivity index (χ3v) is 3.40. The van der Waals surface area contributed by atoms with Gasteiger partial charge in [-0.1, -0.05) is 18.2 Å². The number of carboxylic acids is 1. The van der Waals surface area contributed by atoms with Gasteiger partial charge in [-0.2, -0.15) is 0 Å². The standard InChI is InChI=1S/C15H15FN2O2/c16-13-4-2-1-3-12(13)15(10-17,14(19)20)9-11-5-7-18-8-6-11/h1-8H,9-10,17H2,(H,19,20). The van der Waals surface area contributed by atoms with Gasteiger partial charge in [0.2, 0.25) is 0 Å². The Labute approximate surface area is 116 Å². The van der Waals surface area contributed by atoms with Crippen molar-refractivity contribution in [3.63, 3.8) is 0 Å². The third kappa shape index (κ3) is 2.53. The van der Waals surface area contributed by atoms with Crippen LogP contribution in [0.25, 0.3) is 0 Å². The molecule has 1 heterocycles. The van der Waals surface area contributed by atoms with Crippen LogP contribution in [0, 0.1) is 5.82 Å². The van der Waals surface area contributed by atoms with Crippen LogP contribution < -0.4 is 5.73 Å². The second kappa shape index (κ2) is 5.79. The molecule has 0 bridgehead atoms. The summed E-state index contributed by atoms with van der Waals surface area (Å²) in [6.45, 7) is -0.189. The van der Waals surface area contributed by atoms with E-state index >= 15 is 0 Å². The Balaban J connectivity index is 2.51. The fourth-order valence-corrected chi connectivity index (χ4v) is 2.25. The van der Waals surface area contributed by atoms with Gasteiger partial charge in [-0.15, -0.1) is 0 Å². The first-order valence-electron chi connectivity index (χ1n) is 6.17. The Morgan fingerprint density at radius 1 is 1.25 bits per heavy atom. The number of carbonyl (C=O) groups is 1. The summed E-state index contributed by atoms with van der Waals surface area (Å²) in [5.41, 5.74) is 5.06. The number of aliphatic carboxylic acids is 1. The molecule has 0 aliphatic rings. The molecule has 0 aliphatic heterocycles. The number of halogens is 1. The minimum atomic E-state index is -1.48. The van der Waals surface area contributed by atoms with E-state index in [0.717, 1.165) is 5.56 Å². The first kappa shape index (κ1) is 14.1. The molecule has 0 fully saturated rings. The number of aromatic nitrogens is 1. The Kier molecular flexibility index (Phi) is 4.10. The lowest BCUT2D eigenvalue weighted by molar-refractivity contribution is -0.143. The van der Waals surface area contributed by atoms with Crippen LogP contribution in [0.2, 0.25) is 0 Å². The molecular formula is C15H15FN2O2. The highest BCUT2D eigenvalue weighted by molar-refractivity contribution is 5.82. The molecule has 1 atom stereocenters. The van der Waals surface area contributed by atoms with Crippen LogP contribution in [0.3, 0.4) is 0 Å². The van der Waals surface area contributed by atoms with E-state index in [1.807, 2.05) is 0 Å². The van der Waals surface area contributed by atoms with E-state index in [4.69, 9.17) is 5.73 Å². The Morgan fingerprint density at radius 2 is 1.90 bits per heavy atom. The predicted octanol–water partition coefficient (Wildman–Crippen LogP) is 1.74.